The van der Waals surface area contributed by atoms with E-state index in [0.717, 1.165) is 24.1 Å². The summed E-state index contributed by atoms with van der Waals surface area (Å²) < 4.78 is 13.0. The molecule has 1 heterocycles. The molecular formula is C11H11FN2. The van der Waals surface area contributed by atoms with Gasteiger partial charge in [0.1, 0.15) is 5.82 Å². The monoisotopic (exact) mass is 190 g/mol. The average Bonchev–Trinajstić information content (AvgIpc) is 2.19. The average molecular weight is 190 g/mol. The normalized spacial score (nSPS) is 19.9. The van der Waals surface area contributed by atoms with Gasteiger partial charge in [0, 0.05) is 6.04 Å². The highest BCUT2D eigenvalue weighted by Crippen LogP contribution is 2.25. The van der Waals surface area contributed by atoms with Crippen LogP contribution in [0.5, 0.6) is 0 Å². The molecule has 1 aliphatic heterocycles. The smallest absolute Gasteiger partial charge is 0.123 e. The molecule has 1 N–H and O–H groups in total. The highest BCUT2D eigenvalue weighted by Gasteiger charge is 2.19. The second kappa shape index (κ2) is 3.77. The lowest BCUT2D eigenvalue weighted by Gasteiger charge is -2.25. The first-order valence-electron chi connectivity index (χ1n) is 4.70. The van der Waals surface area contributed by atoms with Gasteiger partial charge in [0.2, 0.25) is 0 Å². The first-order chi connectivity index (χ1) is 6.81. The molecule has 1 aliphatic rings. The Morgan fingerprint density at radius 2 is 2.43 bits per heavy atom. The topological polar surface area (TPSA) is 35.8 Å². The fourth-order valence-electron chi connectivity index (χ4n) is 1.88. The van der Waals surface area contributed by atoms with Crippen molar-refractivity contribution < 1.29 is 4.39 Å². The molecule has 2 nitrogen and oxygen atoms in total. The van der Waals surface area contributed by atoms with Crippen LogP contribution in [0.1, 0.15) is 23.6 Å². The molecule has 1 aromatic carbocycles. The predicted molar refractivity (Wildman–Crippen MR) is 51.1 cm³/mol. The number of benzene rings is 1. The van der Waals surface area contributed by atoms with Crippen molar-refractivity contribution in [3.05, 3.63) is 35.1 Å². The van der Waals surface area contributed by atoms with E-state index >= 15 is 0 Å². The molecule has 1 aromatic rings. The van der Waals surface area contributed by atoms with Gasteiger partial charge in [0.05, 0.1) is 12.5 Å². The summed E-state index contributed by atoms with van der Waals surface area (Å²) >= 11 is 0. The van der Waals surface area contributed by atoms with Gasteiger partial charge in [0.15, 0.2) is 0 Å². The van der Waals surface area contributed by atoms with Gasteiger partial charge in [-0.25, -0.2) is 4.39 Å². The summed E-state index contributed by atoms with van der Waals surface area (Å²) in [5, 5.41) is 11.8. The Morgan fingerprint density at radius 1 is 1.57 bits per heavy atom. The van der Waals surface area contributed by atoms with Gasteiger partial charge in [-0.3, -0.25) is 0 Å². The Hall–Kier alpha value is -1.40. The number of rotatable bonds is 1. The van der Waals surface area contributed by atoms with Crippen LogP contribution in [0.3, 0.4) is 0 Å². The molecule has 0 spiro atoms. The second-order valence-electron chi connectivity index (χ2n) is 3.46. The van der Waals surface area contributed by atoms with E-state index in [1.807, 2.05) is 6.07 Å². The number of hydrogen-bond acceptors (Lipinski definition) is 2. The zero-order valence-electron chi connectivity index (χ0n) is 7.76. The Labute approximate surface area is 82.4 Å². The van der Waals surface area contributed by atoms with Crippen molar-refractivity contribution in [2.45, 2.75) is 18.9 Å². The van der Waals surface area contributed by atoms with Crippen LogP contribution >= 0.6 is 0 Å². The number of nitrogens with zero attached hydrogens (tertiary/aromatic N) is 1. The molecule has 0 radical (unpaired) electrons. The van der Waals surface area contributed by atoms with Gasteiger partial charge in [0.25, 0.3) is 0 Å². The zero-order valence-corrected chi connectivity index (χ0v) is 7.76. The molecule has 0 saturated heterocycles. The lowest BCUT2D eigenvalue weighted by atomic mass is 9.93. The maximum Gasteiger partial charge on any atom is 0.123 e. The number of nitriles is 1. The fourth-order valence-corrected chi connectivity index (χ4v) is 1.88. The molecule has 3 heteroatoms. The SMILES string of the molecule is N#CCC1NCCc2ccc(F)cc21. The Bertz CT molecular complexity index is 381. The van der Waals surface area contributed by atoms with Crippen molar-refractivity contribution in [3.8, 4) is 6.07 Å². The molecule has 0 amide bonds. The van der Waals surface area contributed by atoms with Crippen molar-refractivity contribution in [1.82, 2.24) is 5.32 Å². The van der Waals surface area contributed by atoms with Crippen LogP contribution in [0, 0.1) is 17.1 Å². The standard InChI is InChI=1S/C11H11FN2/c12-9-2-1-8-4-6-14-11(3-5-13)10(8)7-9/h1-2,7,11,14H,3-4,6H2. The van der Waals surface area contributed by atoms with Gasteiger partial charge in [-0.1, -0.05) is 6.07 Å². The summed E-state index contributed by atoms with van der Waals surface area (Å²) in [5.74, 6) is -0.226. The minimum atomic E-state index is -0.226. The van der Waals surface area contributed by atoms with Crippen LogP contribution in [-0.4, -0.2) is 6.54 Å². The lowest BCUT2D eigenvalue weighted by molar-refractivity contribution is 0.506. The van der Waals surface area contributed by atoms with E-state index in [4.69, 9.17) is 5.26 Å². The summed E-state index contributed by atoms with van der Waals surface area (Å²) in [5.41, 5.74) is 2.10. The van der Waals surface area contributed by atoms with Crippen LogP contribution in [0.2, 0.25) is 0 Å². The van der Waals surface area contributed by atoms with E-state index in [1.165, 1.54) is 12.1 Å². The van der Waals surface area contributed by atoms with Crippen molar-refractivity contribution in [1.29, 1.82) is 5.26 Å². The number of hydrogen-bond donors (Lipinski definition) is 1. The molecule has 0 aliphatic carbocycles. The highest BCUT2D eigenvalue weighted by molar-refractivity contribution is 5.33. The molecule has 14 heavy (non-hydrogen) atoms. The summed E-state index contributed by atoms with van der Waals surface area (Å²) in [6, 6.07) is 6.94. The predicted octanol–water partition coefficient (Wildman–Crippen LogP) is 1.93. The van der Waals surface area contributed by atoms with E-state index < -0.39 is 0 Å². The molecule has 1 atom stereocenters. The maximum atomic E-state index is 13.0. The molecule has 2 rings (SSSR count). The fraction of sp³-hybridized carbons (Fsp3) is 0.364. The summed E-state index contributed by atoms with van der Waals surface area (Å²) in [4.78, 5) is 0. The number of halogens is 1. The first kappa shape index (κ1) is 9.17. The molecule has 0 bridgehead atoms. The first-order valence-corrected chi connectivity index (χ1v) is 4.70. The van der Waals surface area contributed by atoms with Crippen molar-refractivity contribution in [2.75, 3.05) is 6.54 Å². The van der Waals surface area contributed by atoms with E-state index in [0.29, 0.717) is 6.42 Å². The molecule has 1 unspecified atom stereocenters. The minimum Gasteiger partial charge on any atom is -0.309 e. The highest BCUT2D eigenvalue weighted by atomic mass is 19.1. The van der Waals surface area contributed by atoms with Gasteiger partial charge < -0.3 is 5.32 Å². The maximum absolute atomic E-state index is 13.0. The quantitative estimate of drug-likeness (QED) is 0.734. The van der Waals surface area contributed by atoms with Crippen LogP contribution in [0.25, 0.3) is 0 Å². The van der Waals surface area contributed by atoms with Gasteiger partial charge in [-0.2, -0.15) is 5.26 Å². The Kier molecular flexibility index (Phi) is 2.47. The molecule has 0 saturated carbocycles. The van der Waals surface area contributed by atoms with Crippen LogP contribution < -0.4 is 5.32 Å². The van der Waals surface area contributed by atoms with Crippen molar-refractivity contribution in [3.63, 3.8) is 0 Å². The number of nitrogens with one attached hydrogen (secondary N) is 1. The van der Waals surface area contributed by atoms with Crippen LogP contribution in [0.15, 0.2) is 18.2 Å². The third-order valence-electron chi connectivity index (χ3n) is 2.56. The summed E-state index contributed by atoms with van der Waals surface area (Å²) in [6.07, 6.45) is 1.31. The van der Waals surface area contributed by atoms with E-state index in [1.54, 1.807) is 0 Å². The zero-order chi connectivity index (χ0) is 9.97. The number of fused-ring (bicyclic) bond motifs is 1. The molecule has 0 fully saturated rings. The molecule has 0 aromatic heterocycles. The Balaban J connectivity index is 2.37. The van der Waals surface area contributed by atoms with E-state index in [9.17, 15) is 4.39 Å². The molecular weight excluding hydrogens is 179 g/mol. The van der Waals surface area contributed by atoms with Crippen molar-refractivity contribution in [2.24, 2.45) is 0 Å². The molecule has 72 valence electrons. The van der Waals surface area contributed by atoms with Crippen LogP contribution in [-0.2, 0) is 6.42 Å². The van der Waals surface area contributed by atoms with Gasteiger partial charge in [-0.05, 0) is 36.2 Å². The van der Waals surface area contributed by atoms with Gasteiger partial charge >= 0.3 is 0 Å². The summed E-state index contributed by atoms with van der Waals surface area (Å²) in [7, 11) is 0. The second-order valence-corrected chi connectivity index (χ2v) is 3.46. The van der Waals surface area contributed by atoms with E-state index in [2.05, 4.69) is 11.4 Å². The van der Waals surface area contributed by atoms with Gasteiger partial charge in [-0.15, -0.1) is 0 Å². The summed E-state index contributed by atoms with van der Waals surface area (Å²) in [6.45, 7) is 0.866. The lowest BCUT2D eigenvalue weighted by Crippen LogP contribution is -2.29. The minimum absolute atomic E-state index is 0.000509. The Morgan fingerprint density at radius 3 is 3.21 bits per heavy atom. The van der Waals surface area contributed by atoms with Crippen molar-refractivity contribution >= 4 is 0 Å². The largest absolute Gasteiger partial charge is 0.309 e. The van der Waals surface area contributed by atoms with Crippen LogP contribution in [0.4, 0.5) is 4.39 Å². The van der Waals surface area contributed by atoms with E-state index in [-0.39, 0.29) is 11.9 Å². The third kappa shape index (κ3) is 1.61. The third-order valence-corrected chi connectivity index (χ3v) is 2.56.